The van der Waals surface area contributed by atoms with E-state index in [0.717, 1.165) is 22.3 Å². The molecule has 0 spiro atoms. The van der Waals surface area contributed by atoms with Crippen molar-refractivity contribution < 1.29 is 14.3 Å². The highest BCUT2D eigenvalue weighted by Crippen LogP contribution is 2.56. The highest BCUT2D eigenvalue weighted by Gasteiger charge is 2.56. The Balaban J connectivity index is 2.06. The van der Waals surface area contributed by atoms with Crippen LogP contribution in [0.3, 0.4) is 0 Å². The Morgan fingerprint density at radius 1 is 1.12 bits per heavy atom. The molecular formula is C21H18O3. The number of hydrogen-bond donors (Lipinski definition) is 0. The number of methoxy groups -OCH3 is 1. The summed E-state index contributed by atoms with van der Waals surface area (Å²) in [6, 6.07) is 15.3. The quantitative estimate of drug-likeness (QED) is 0.749. The van der Waals surface area contributed by atoms with Crippen molar-refractivity contribution in [3.05, 3.63) is 77.4 Å². The first kappa shape index (κ1) is 14.9. The van der Waals surface area contributed by atoms with Crippen LogP contribution >= 0.6 is 0 Å². The molecule has 2 atom stereocenters. The Morgan fingerprint density at radius 2 is 1.79 bits per heavy atom. The van der Waals surface area contributed by atoms with Gasteiger partial charge in [-0.3, -0.25) is 9.59 Å². The summed E-state index contributed by atoms with van der Waals surface area (Å²) in [4.78, 5) is 25.7. The average Bonchev–Trinajstić information content (AvgIpc) is 2.63. The van der Waals surface area contributed by atoms with Gasteiger partial charge >= 0.3 is 5.97 Å². The van der Waals surface area contributed by atoms with Gasteiger partial charge in [0.2, 0.25) is 0 Å². The summed E-state index contributed by atoms with van der Waals surface area (Å²) in [7, 11) is 1.41. The largest absolute Gasteiger partial charge is 0.468 e. The van der Waals surface area contributed by atoms with E-state index in [-0.39, 0.29) is 17.7 Å². The summed E-state index contributed by atoms with van der Waals surface area (Å²) in [6.45, 7) is 4.21. The fourth-order valence-electron chi connectivity index (χ4n) is 4.43. The zero-order valence-electron chi connectivity index (χ0n) is 13.5. The van der Waals surface area contributed by atoms with Gasteiger partial charge in [0.1, 0.15) is 5.41 Å². The number of ether oxygens (including phenoxy) is 1. The molecule has 3 nitrogen and oxygen atoms in total. The van der Waals surface area contributed by atoms with E-state index in [1.165, 1.54) is 7.11 Å². The molecule has 2 aromatic carbocycles. The van der Waals surface area contributed by atoms with E-state index in [1.54, 1.807) is 0 Å². The van der Waals surface area contributed by atoms with Crippen LogP contribution < -0.4 is 0 Å². The van der Waals surface area contributed by atoms with Crippen LogP contribution in [0.15, 0.2) is 55.1 Å². The van der Waals surface area contributed by atoms with Gasteiger partial charge in [-0.25, -0.2) is 0 Å². The maximum Gasteiger partial charge on any atom is 0.317 e. The second kappa shape index (κ2) is 5.17. The Kier molecular flexibility index (Phi) is 3.20. The molecule has 2 aromatic rings. The molecule has 0 heterocycles. The van der Waals surface area contributed by atoms with Gasteiger partial charge in [-0.15, -0.1) is 0 Å². The third-order valence-electron chi connectivity index (χ3n) is 5.45. The lowest BCUT2D eigenvalue weighted by Crippen LogP contribution is -2.49. The van der Waals surface area contributed by atoms with Crippen LogP contribution in [-0.2, 0) is 14.9 Å². The van der Waals surface area contributed by atoms with Gasteiger partial charge in [0.05, 0.1) is 7.11 Å². The van der Waals surface area contributed by atoms with E-state index in [9.17, 15) is 9.59 Å². The van der Waals surface area contributed by atoms with E-state index in [4.69, 9.17) is 4.74 Å². The lowest BCUT2D eigenvalue weighted by Gasteiger charge is -2.47. The van der Waals surface area contributed by atoms with Gasteiger partial charge in [0, 0.05) is 17.9 Å². The summed E-state index contributed by atoms with van der Waals surface area (Å²) in [5.74, 6) is -0.422. The number of carbonyl (C=O) groups excluding carboxylic acids is 2. The fourth-order valence-corrected chi connectivity index (χ4v) is 4.43. The Labute approximate surface area is 141 Å². The predicted molar refractivity (Wildman–Crippen MR) is 91.9 cm³/mol. The highest BCUT2D eigenvalue weighted by atomic mass is 16.5. The van der Waals surface area contributed by atoms with Gasteiger partial charge in [0.25, 0.3) is 0 Å². The maximum atomic E-state index is 13.0. The van der Waals surface area contributed by atoms with Crippen LogP contribution in [0.5, 0.6) is 0 Å². The number of ketones is 1. The summed E-state index contributed by atoms with van der Waals surface area (Å²) >= 11 is 0. The Bertz CT molecular complexity index is 880. The predicted octanol–water partition coefficient (Wildman–Crippen LogP) is 3.88. The van der Waals surface area contributed by atoms with E-state index in [1.807, 2.05) is 48.5 Å². The van der Waals surface area contributed by atoms with Crippen molar-refractivity contribution in [3.8, 4) is 0 Å². The third-order valence-corrected chi connectivity index (χ3v) is 5.45. The molecule has 0 N–H and O–H groups in total. The first-order valence-corrected chi connectivity index (χ1v) is 8.08. The number of benzene rings is 2. The lowest BCUT2D eigenvalue weighted by molar-refractivity contribution is -0.148. The van der Waals surface area contributed by atoms with E-state index >= 15 is 0 Å². The summed E-state index contributed by atoms with van der Waals surface area (Å²) in [5.41, 5.74) is 3.51. The van der Waals surface area contributed by atoms with Crippen molar-refractivity contribution in [1.82, 2.24) is 0 Å². The van der Waals surface area contributed by atoms with Crippen LogP contribution in [0.2, 0.25) is 0 Å². The number of rotatable bonds is 1. The van der Waals surface area contributed by atoms with Gasteiger partial charge in [-0.1, -0.05) is 55.1 Å². The van der Waals surface area contributed by atoms with Crippen molar-refractivity contribution >= 4 is 17.3 Å². The van der Waals surface area contributed by atoms with Crippen molar-refractivity contribution in [2.45, 2.75) is 24.2 Å². The normalized spacial score (nSPS) is 24.6. The average molecular weight is 318 g/mol. The second-order valence-electron chi connectivity index (χ2n) is 6.56. The van der Waals surface area contributed by atoms with Crippen LogP contribution in [-0.4, -0.2) is 18.9 Å². The van der Waals surface area contributed by atoms with Crippen LogP contribution in [0, 0.1) is 0 Å². The molecule has 2 aliphatic carbocycles. The first-order chi connectivity index (χ1) is 11.6. The van der Waals surface area contributed by atoms with E-state index in [0.29, 0.717) is 18.4 Å². The molecular weight excluding hydrogens is 300 g/mol. The van der Waals surface area contributed by atoms with Crippen LogP contribution in [0.4, 0.5) is 0 Å². The molecule has 3 heteroatoms. The molecule has 0 fully saturated rings. The molecule has 0 saturated heterocycles. The van der Waals surface area contributed by atoms with E-state index in [2.05, 4.69) is 6.58 Å². The minimum absolute atomic E-state index is 0.0810. The topological polar surface area (TPSA) is 43.4 Å². The molecule has 0 radical (unpaired) electrons. The third kappa shape index (κ3) is 1.78. The summed E-state index contributed by atoms with van der Waals surface area (Å²) in [6.07, 6.45) is 0.794. The molecule has 120 valence electrons. The molecule has 0 aliphatic heterocycles. The molecule has 4 rings (SSSR count). The van der Waals surface area contributed by atoms with Crippen LogP contribution in [0.25, 0.3) is 5.57 Å². The number of hydrogen-bond acceptors (Lipinski definition) is 3. The number of fused-ring (bicyclic) bond motifs is 5. The van der Waals surface area contributed by atoms with Gasteiger partial charge in [-0.05, 0) is 28.7 Å². The monoisotopic (exact) mass is 318 g/mol. The summed E-state index contributed by atoms with van der Waals surface area (Å²) < 4.78 is 5.21. The van der Waals surface area contributed by atoms with Gasteiger partial charge in [0.15, 0.2) is 5.78 Å². The second-order valence-corrected chi connectivity index (χ2v) is 6.56. The van der Waals surface area contributed by atoms with Crippen molar-refractivity contribution in [3.63, 3.8) is 0 Å². The number of allylic oxidation sites excluding steroid dienone is 1. The zero-order valence-corrected chi connectivity index (χ0v) is 13.5. The highest BCUT2D eigenvalue weighted by molar-refractivity contribution is 6.05. The fraction of sp³-hybridized carbons (Fsp3) is 0.238. The minimum atomic E-state index is -0.870. The molecule has 0 unspecified atom stereocenters. The molecule has 0 saturated carbocycles. The molecule has 0 amide bonds. The van der Waals surface area contributed by atoms with E-state index < -0.39 is 5.41 Å². The smallest absolute Gasteiger partial charge is 0.317 e. The zero-order chi connectivity index (χ0) is 16.9. The van der Waals surface area contributed by atoms with Crippen molar-refractivity contribution in [2.75, 3.05) is 7.11 Å². The maximum absolute atomic E-state index is 13.0. The van der Waals surface area contributed by atoms with Gasteiger partial charge in [-0.2, -0.15) is 0 Å². The first-order valence-electron chi connectivity index (χ1n) is 8.08. The molecule has 0 bridgehead atoms. The SMILES string of the molecule is C=C1C[C@@]2(C(=O)OC)c3ccccc3C(=O)C[C@H]2c2ccccc21. The minimum Gasteiger partial charge on any atom is -0.468 e. The molecule has 2 aliphatic rings. The molecule has 0 aromatic heterocycles. The van der Waals surface area contributed by atoms with Crippen molar-refractivity contribution in [2.24, 2.45) is 0 Å². The number of carbonyl (C=O) groups is 2. The van der Waals surface area contributed by atoms with Gasteiger partial charge < -0.3 is 4.74 Å². The Morgan fingerprint density at radius 3 is 2.54 bits per heavy atom. The lowest BCUT2D eigenvalue weighted by atomic mass is 9.54. The van der Waals surface area contributed by atoms with Crippen molar-refractivity contribution in [1.29, 1.82) is 0 Å². The van der Waals surface area contributed by atoms with Crippen LogP contribution in [0.1, 0.15) is 45.8 Å². The summed E-state index contributed by atoms with van der Waals surface area (Å²) in [5, 5.41) is 0. The number of Topliss-reactive ketones (excluding diaryl/α,β-unsaturated/α-hetero) is 1. The number of esters is 1. The molecule has 24 heavy (non-hydrogen) atoms. The Hall–Kier alpha value is -2.68. The standard InChI is InChI=1S/C21H18O3/c1-13-12-21(20(23)24-2)17-10-6-5-9-16(17)19(22)11-18(21)15-8-4-3-7-14(13)15/h3-10,18H,1,11-12H2,2H3/t18-,21+/m0/s1.